The van der Waals surface area contributed by atoms with Gasteiger partial charge in [0.25, 0.3) is 0 Å². The molecule has 1 unspecified atom stereocenters. The summed E-state index contributed by atoms with van der Waals surface area (Å²) in [4.78, 5) is 10.2. The van der Waals surface area contributed by atoms with Crippen molar-refractivity contribution in [3.63, 3.8) is 0 Å². The third kappa shape index (κ3) is 2.94. The second kappa shape index (κ2) is 6.62. The summed E-state index contributed by atoms with van der Waals surface area (Å²) in [6.07, 6.45) is 7.37. The number of aromatic nitrogens is 4. The molecule has 22 heavy (non-hydrogen) atoms. The first-order chi connectivity index (χ1) is 10.7. The van der Waals surface area contributed by atoms with Crippen LogP contribution in [-0.2, 0) is 13.1 Å². The van der Waals surface area contributed by atoms with Gasteiger partial charge in [-0.15, -0.1) is 0 Å². The number of likely N-dealkylation sites (tertiary alicyclic amines) is 1. The van der Waals surface area contributed by atoms with Gasteiger partial charge in [0.2, 0.25) is 0 Å². The van der Waals surface area contributed by atoms with Crippen molar-refractivity contribution in [3.8, 4) is 0 Å². The summed E-state index contributed by atoms with van der Waals surface area (Å²) in [5.41, 5.74) is 3.51. The number of aliphatic hydroxyl groups is 1. The molecule has 0 aliphatic carbocycles. The van der Waals surface area contributed by atoms with Crippen LogP contribution in [0.25, 0.3) is 0 Å². The van der Waals surface area contributed by atoms with Crippen LogP contribution in [0.2, 0.25) is 0 Å². The highest BCUT2D eigenvalue weighted by Gasteiger charge is 2.27. The van der Waals surface area contributed by atoms with E-state index in [1.54, 1.807) is 0 Å². The van der Waals surface area contributed by atoms with Gasteiger partial charge in [0.15, 0.2) is 0 Å². The number of nitrogens with zero attached hydrogens (tertiary/aromatic N) is 4. The Morgan fingerprint density at radius 2 is 2.23 bits per heavy atom. The van der Waals surface area contributed by atoms with Crippen molar-refractivity contribution in [1.82, 2.24) is 24.6 Å². The van der Waals surface area contributed by atoms with Crippen molar-refractivity contribution < 1.29 is 5.11 Å². The van der Waals surface area contributed by atoms with E-state index in [9.17, 15) is 0 Å². The summed E-state index contributed by atoms with van der Waals surface area (Å²) in [6.45, 7) is 6.83. The van der Waals surface area contributed by atoms with Gasteiger partial charge < -0.3 is 10.1 Å². The van der Waals surface area contributed by atoms with Crippen molar-refractivity contribution in [1.29, 1.82) is 0 Å². The minimum Gasteiger partial charge on any atom is -0.394 e. The Kier molecular flexibility index (Phi) is 4.59. The molecule has 0 radical (unpaired) electrons. The van der Waals surface area contributed by atoms with Gasteiger partial charge in [-0.05, 0) is 33.2 Å². The number of hydrogen-bond acceptors (Lipinski definition) is 4. The Bertz CT molecular complexity index is 604. The molecular weight excluding hydrogens is 278 g/mol. The second-order valence-electron chi connectivity index (χ2n) is 6.05. The Balaban J connectivity index is 1.81. The van der Waals surface area contributed by atoms with Gasteiger partial charge in [-0.3, -0.25) is 9.58 Å². The number of imidazole rings is 1. The first-order valence-corrected chi connectivity index (χ1v) is 8.07. The van der Waals surface area contributed by atoms with Crippen molar-refractivity contribution >= 4 is 0 Å². The predicted octanol–water partition coefficient (Wildman–Crippen LogP) is 1.94. The SMILES string of the molecule is Cc1nn(CCO)c(C)c1CN1CCCCC1c1ncc[nH]1. The number of piperidine rings is 1. The molecule has 3 rings (SSSR count). The topological polar surface area (TPSA) is 70.0 Å². The number of nitrogens with one attached hydrogen (secondary N) is 1. The summed E-state index contributed by atoms with van der Waals surface area (Å²) in [6, 6.07) is 0.365. The maximum absolute atomic E-state index is 9.15. The molecule has 0 spiro atoms. The fraction of sp³-hybridized carbons (Fsp3) is 0.625. The highest BCUT2D eigenvalue weighted by molar-refractivity contribution is 5.24. The normalized spacial score (nSPS) is 19.7. The van der Waals surface area contributed by atoms with E-state index in [4.69, 9.17) is 5.11 Å². The molecule has 1 atom stereocenters. The van der Waals surface area contributed by atoms with Crippen LogP contribution in [0.5, 0.6) is 0 Å². The molecule has 120 valence electrons. The Labute approximate surface area is 131 Å². The summed E-state index contributed by atoms with van der Waals surface area (Å²) >= 11 is 0. The van der Waals surface area contributed by atoms with Crippen LogP contribution in [0.3, 0.4) is 0 Å². The molecule has 1 aliphatic heterocycles. The van der Waals surface area contributed by atoms with Crippen LogP contribution in [0, 0.1) is 13.8 Å². The molecule has 1 fully saturated rings. The number of aromatic amines is 1. The molecular formula is C16H25N5O. The van der Waals surface area contributed by atoms with Crippen molar-refractivity contribution in [2.45, 2.75) is 52.2 Å². The molecule has 6 nitrogen and oxygen atoms in total. The zero-order valence-corrected chi connectivity index (χ0v) is 13.4. The van der Waals surface area contributed by atoms with Gasteiger partial charge in [-0.1, -0.05) is 6.42 Å². The van der Waals surface area contributed by atoms with E-state index in [2.05, 4.69) is 33.8 Å². The molecule has 2 aromatic rings. The lowest BCUT2D eigenvalue weighted by molar-refractivity contribution is 0.134. The monoisotopic (exact) mass is 303 g/mol. The fourth-order valence-corrected chi connectivity index (χ4v) is 3.43. The van der Waals surface area contributed by atoms with Gasteiger partial charge in [0.05, 0.1) is 24.9 Å². The number of aryl methyl sites for hydroxylation is 1. The number of H-pyrrole nitrogens is 1. The van der Waals surface area contributed by atoms with Gasteiger partial charge in [-0.25, -0.2) is 4.98 Å². The minimum atomic E-state index is 0.125. The van der Waals surface area contributed by atoms with Crippen LogP contribution in [-0.4, -0.2) is 42.9 Å². The lowest BCUT2D eigenvalue weighted by Crippen LogP contribution is -2.33. The zero-order valence-electron chi connectivity index (χ0n) is 13.4. The van der Waals surface area contributed by atoms with Crippen molar-refractivity contribution in [2.75, 3.05) is 13.2 Å². The molecule has 0 bridgehead atoms. The van der Waals surface area contributed by atoms with E-state index in [1.165, 1.54) is 18.4 Å². The maximum Gasteiger partial charge on any atom is 0.123 e. The number of rotatable bonds is 5. The summed E-state index contributed by atoms with van der Waals surface area (Å²) in [7, 11) is 0. The van der Waals surface area contributed by atoms with E-state index in [0.717, 1.165) is 36.7 Å². The molecule has 6 heteroatoms. The summed E-state index contributed by atoms with van der Waals surface area (Å²) < 4.78 is 1.91. The molecule has 0 saturated carbocycles. The first kappa shape index (κ1) is 15.2. The van der Waals surface area contributed by atoms with Crippen LogP contribution in [0.1, 0.15) is 48.1 Å². The molecule has 1 aliphatic rings. The molecule has 2 N–H and O–H groups in total. The largest absolute Gasteiger partial charge is 0.394 e. The smallest absolute Gasteiger partial charge is 0.123 e. The zero-order chi connectivity index (χ0) is 15.5. The molecule has 3 heterocycles. The lowest BCUT2D eigenvalue weighted by Gasteiger charge is -2.34. The van der Waals surface area contributed by atoms with E-state index in [0.29, 0.717) is 12.6 Å². The quantitative estimate of drug-likeness (QED) is 0.885. The molecule has 0 amide bonds. The summed E-state index contributed by atoms with van der Waals surface area (Å²) in [5.74, 6) is 1.07. The molecule has 2 aromatic heterocycles. The van der Waals surface area contributed by atoms with Gasteiger partial charge in [0, 0.05) is 30.2 Å². The minimum absolute atomic E-state index is 0.125. The van der Waals surface area contributed by atoms with E-state index < -0.39 is 0 Å². The third-order valence-corrected chi connectivity index (χ3v) is 4.65. The van der Waals surface area contributed by atoms with E-state index in [-0.39, 0.29) is 6.61 Å². The highest BCUT2D eigenvalue weighted by atomic mass is 16.3. The Hall–Kier alpha value is -1.66. The van der Waals surface area contributed by atoms with Crippen molar-refractivity contribution in [2.24, 2.45) is 0 Å². The Morgan fingerprint density at radius 3 is 2.95 bits per heavy atom. The van der Waals surface area contributed by atoms with E-state index in [1.807, 2.05) is 17.1 Å². The van der Waals surface area contributed by atoms with Crippen LogP contribution in [0.4, 0.5) is 0 Å². The average Bonchev–Trinajstić information content (AvgIpc) is 3.13. The van der Waals surface area contributed by atoms with Gasteiger partial charge in [-0.2, -0.15) is 5.10 Å². The van der Waals surface area contributed by atoms with E-state index >= 15 is 0 Å². The lowest BCUT2D eigenvalue weighted by atomic mass is 10.00. The maximum atomic E-state index is 9.15. The standard InChI is InChI=1S/C16H25N5O/c1-12-14(13(2)21(19-12)9-10-22)11-20-8-4-3-5-15(20)16-17-6-7-18-16/h6-7,15,22H,3-5,8-11H2,1-2H3,(H,17,18). The second-order valence-corrected chi connectivity index (χ2v) is 6.05. The number of hydrogen-bond donors (Lipinski definition) is 2. The van der Waals surface area contributed by atoms with Gasteiger partial charge >= 0.3 is 0 Å². The molecule has 1 saturated heterocycles. The van der Waals surface area contributed by atoms with Crippen molar-refractivity contribution in [3.05, 3.63) is 35.2 Å². The fourth-order valence-electron chi connectivity index (χ4n) is 3.43. The predicted molar refractivity (Wildman–Crippen MR) is 84.4 cm³/mol. The first-order valence-electron chi connectivity index (χ1n) is 8.07. The average molecular weight is 303 g/mol. The highest BCUT2D eigenvalue weighted by Crippen LogP contribution is 2.31. The number of aliphatic hydroxyl groups excluding tert-OH is 1. The third-order valence-electron chi connectivity index (χ3n) is 4.65. The van der Waals surface area contributed by atoms with Gasteiger partial charge in [0.1, 0.15) is 5.82 Å². The van der Waals surface area contributed by atoms with Crippen LogP contribution in [0.15, 0.2) is 12.4 Å². The van der Waals surface area contributed by atoms with Crippen LogP contribution < -0.4 is 0 Å². The summed E-state index contributed by atoms with van der Waals surface area (Å²) in [5, 5.41) is 13.7. The Morgan fingerprint density at radius 1 is 1.36 bits per heavy atom. The van der Waals surface area contributed by atoms with Crippen LogP contribution >= 0.6 is 0 Å². The molecule has 0 aromatic carbocycles.